The zero-order chi connectivity index (χ0) is 12.0. The molecule has 0 aromatic carbocycles. The molecular formula is C14H24N2O. The Bertz CT molecular complexity index is 318. The predicted molar refractivity (Wildman–Crippen MR) is 67.6 cm³/mol. The minimum absolute atomic E-state index is 0.292. The number of hydrogen-bond acceptors (Lipinski definition) is 2. The second-order valence-corrected chi connectivity index (χ2v) is 6.58. The standard InChI is InChI=1S/C14H24N2O/c1-3-14(2)8-12(14)13(17)16-11-6-9-4-5-10(7-11)15-9/h9-12,15H,3-8H2,1-2H3,(H,16,17). The van der Waals surface area contributed by atoms with Gasteiger partial charge in [0.25, 0.3) is 0 Å². The zero-order valence-corrected chi connectivity index (χ0v) is 11.0. The van der Waals surface area contributed by atoms with E-state index < -0.39 is 0 Å². The van der Waals surface area contributed by atoms with Gasteiger partial charge in [-0.2, -0.15) is 0 Å². The maximum Gasteiger partial charge on any atom is 0.223 e. The number of rotatable bonds is 3. The van der Waals surface area contributed by atoms with Gasteiger partial charge in [-0.05, 0) is 43.9 Å². The lowest BCUT2D eigenvalue weighted by Gasteiger charge is -2.30. The third-order valence-corrected chi connectivity index (χ3v) is 5.30. The van der Waals surface area contributed by atoms with E-state index in [4.69, 9.17) is 0 Å². The molecule has 1 saturated carbocycles. The Labute approximate surface area is 104 Å². The summed E-state index contributed by atoms with van der Waals surface area (Å²) in [5.74, 6) is 0.612. The first-order chi connectivity index (χ1) is 8.10. The van der Waals surface area contributed by atoms with Crippen molar-refractivity contribution in [2.24, 2.45) is 11.3 Å². The molecule has 3 fully saturated rings. The number of fused-ring (bicyclic) bond motifs is 2. The van der Waals surface area contributed by atoms with Crippen molar-refractivity contribution in [2.75, 3.05) is 0 Å². The van der Waals surface area contributed by atoms with Crippen LogP contribution in [0.5, 0.6) is 0 Å². The SMILES string of the molecule is CCC1(C)CC1C(=O)NC1CC2CCC(C1)N2. The van der Waals surface area contributed by atoms with E-state index in [2.05, 4.69) is 24.5 Å². The van der Waals surface area contributed by atoms with Gasteiger partial charge in [0, 0.05) is 24.0 Å². The Kier molecular flexibility index (Phi) is 2.69. The fraction of sp³-hybridized carbons (Fsp3) is 0.929. The fourth-order valence-electron chi connectivity index (χ4n) is 3.68. The summed E-state index contributed by atoms with van der Waals surface area (Å²) in [4.78, 5) is 12.2. The first-order valence-corrected chi connectivity index (χ1v) is 7.17. The van der Waals surface area contributed by atoms with Crippen molar-refractivity contribution in [3.05, 3.63) is 0 Å². The molecule has 4 unspecified atom stereocenters. The third kappa shape index (κ3) is 2.10. The van der Waals surface area contributed by atoms with E-state index in [-0.39, 0.29) is 0 Å². The summed E-state index contributed by atoms with van der Waals surface area (Å²) in [6.07, 6.45) is 7.09. The van der Waals surface area contributed by atoms with Crippen molar-refractivity contribution in [3.8, 4) is 0 Å². The smallest absolute Gasteiger partial charge is 0.223 e. The predicted octanol–water partition coefficient (Wildman–Crippen LogP) is 1.82. The Morgan fingerprint density at radius 1 is 1.35 bits per heavy atom. The van der Waals surface area contributed by atoms with Gasteiger partial charge in [0.1, 0.15) is 0 Å². The summed E-state index contributed by atoms with van der Waals surface area (Å²) in [5.41, 5.74) is 0.302. The van der Waals surface area contributed by atoms with Crippen LogP contribution in [-0.4, -0.2) is 24.0 Å². The lowest BCUT2D eigenvalue weighted by molar-refractivity contribution is -0.124. The van der Waals surface area contributed by atoms with Crippen LogP contribution >= 0.6 is 0 Å². The van der Waals surface area contributed by atoms with Gasteiger partial charge in [0.05, 0.1) is 0 Å². The first kappa shape index (κ1) is 11.5. The van der Waals surface area contributed by atoms with Gasteiger partial charge >= 0.3 is 0 Å². The summed E-state index contributed by atoms with van der Waals surface area (Å²) in [6, 6.07) is 1.76. The average molecular weight is 236 g/mol. The van der Waals surface area contributed by atoms with Crippen LogP contribution in [0, 0.1) is 11.3 Å². The largest absolute Gasteiger partial charge is 0.353 e. The van der Waals surface area contributed by atoms with Crippen molar-refractivity contribution < 1.29 is 4.79 Å². The topological polar surface area (TPSA) is 41.1 Å². The number of piperidine rings is 1. The number of hydrogen-bond donors (Lipinski definition) is 2. The molecule has 2 N–H and O–H groups in total. The average Bonchev–Trinajstić information content (AvgIpc) is 2.89. The lowest BCUT2D eigenvalue weighted by Crippen LogP contribution is -2.48. The molecule has 2 bridgehead atoms. The summed E-state index contributed by atoms with van der Waals surface area (Å²) in [6.45, 7) is 4.43. The van der Waals surface area contributed by atoms with Crippen molar-refractivity contribution >= 4 is 5.91 Å². The zero-order valence-electron chi connectivity index (χ0n) is 11.0. The van der Waals surface area contributed by atoms with Crippen LogP contribution in [0.2, 0.25) is 0 Å². The second-order valence-electron chi connectivity index (χ2n) is 6.58. The minimum atomic E-state index is 0.292. The molecular weight excluding hydrogens is 212 g/mol. The maximum absolute atomic E-state index is 12.2. The number of amides is 1. The van der Waals surface area contributed by atoms with E-state index in [0.29, 0.717) is 35.4 Å². The normalized spacial score (nSPS) is 47.9. The molecule has 1 amide bonds. The fourth-order valence-corrected chi connectivity index (χ4v) is 3.68. The molecule has 2 heterocycles. The van der Waals surface area contributed by atoms with Gasteiger partial charge in [0.15, 0.2) is 0 Å². The van der Waals surface area contributed by atoms with Gasteiger partial charge in [-0.15, -0.1) is 0 Å². The van der Waals surface area contributed by atoms with E-state index in [0.717, 1.165) is 25.7 Å². The van der Waals surface area contributed by atoms with E-state index in [1.54, 1.807) is 0 Å². The van der Waals surface area contributed by atoms with Crippen LogP contribution in [0.15, 0.2) is 0 Å². The van der Waals surface area contributed by atoms with E-state index in [1.165, 1.54) is 12.8 Å². The van der Waals surface area contributed by atoms with Crippen molar-refractivity contribution in [2.45, 2.75) is 70.5 Å². The molecule has 3 heteroatoms. The maximum atomic E-state index is 12.2. The lowest BCUT2D eigenvalue weighted by atomic mass is 9.98. The molecule has 1 aliphatic carbocycles. The van der Waals surface area contributed by atoms with Crippen LogP contribution in [0.25, 0.3) is 0 Å². The first-order valence-electron chi connectivity index (χ1n) is 7.17. The summed E-state index contributed by atoms with van der Waals surface area (Å²) >= 11 is 0. The molecule has 2 saturated heterocycles. The Hall–Kier alpha value is -0.570. The van der Waals surface area contributed by atoms with Gasteiger partial charge in [0.2, 0.25) is 5.91 Å². The molecule has 4 atom stereocenters. The quantitative estimate of drug-likeness (QED) is 0.785. The molecule has 0 spiro atoms. The highest BCUT2D eigenvalue weighted by molar-refractivity contribution is 5.82. The molecule has 3 nitrogen and oxygen atoms in total. The molecule has 2 aliphatic heterocycles. The van der Waals surface area contributed by atoms with Gasteiger partial charge in [-0.3, -0.25) is 4.79 Å². The summed E-state index contributed by atoms with van der Waals surface area (Å²) in [5, 5.41) is 6.91. The number of nitrogens with one attached hydrogen (secondary N) is 2. The molecule has 0 aromatic heterocycles. The van der Waals surface area contributed by atoms with Crippen molar-refractivity contribution in [1.82, 2.24) is 10.6 Å². The Morgan fingerprint density at radius 3 is 2.53 bits per heavy atom. The Morgan fingerprint density at radius 2 is 2.00 bits per heavy atom. The Balaban J connectivity index is 1.53. The van der Waals surface area contributed by atoms with E-state index >= 15 is 0 Å². The molecule has 3 rings (SSSR count). The van der Waals surface area contributed by atoms with Crippen molar-refractivity contribution in [3.63, 3.8) is 0 Å². The van der Waals surface area contributed by atoms with Gasteiger partial charge in [-0.1, -0.05) is 13.8 Å². The minimum Gasteiger partial charge on any atom is -0.353 e. The van der Waals surface area contributed by atoms with E-state index in [1.807, 2.05) is 0 Å². The second kappa shape index (κ2) is 3.98. The van der Waals surface area contributed by atoms with Crippen LogP contribution < -0.4 is 10.6 Å². The molecule has 17 heavy (non-hydrogen) atoms. The van der Waals surface area contributed by atoms with Crippen LogP contribution in [0.4, 0.5) is 0 Å². The molecule has 3 aliphatic rings. The summed E-state index contributed by atoms with van der Waals surface area (Å²) in [7, 11) is 0. The molecule has 0 aromatic rings. The van der Waals surface area contributed by atoms with Crippen LogP contribution in [0.1, 0.15) is 52.4 Å². The molecule has 96 valence electrons. The number of carbonyl (C=O) groups is 1. The van der Waals surface area contributed by atoms with E-state index in [9.17, 15) is 4.79 Å². The number of carbonyl (C=O) groups excluding carboxylic acids is 1. The highest BCUT2D eigenvalue weighted by atomic mass is 16.2. The van der Waals surface area contributed by atoms with Crippen LogP contribution in [-0.2, 0) is 4.79 Å². The highest BCUT2D eigenvalue weighted by Gasteiger charge is 2.53. The highest BCUT2D eigenvalue weighted by Crippen LogP contribution is 2.54. The monoisotopic (exact) mass is 236 g/mol. The van der Waals surface area contributed by atoms with Gasteiger partial charge in [-0.25, -0.2) is 0 Å². The molecule has 0 radical (unpaired) electrons. The third-order valence-electron chi connectivity index (χ3n) is 5.30. The van der Waals surface area contributed by atoms with Gasteiger partial charge < -0.3 is 10.6 Å². The summed E-state index contributed by atoms with van der Waals surface area (Å²) < 4.78 is 0. The van der Waals surface area contributed by atoms with Crippen LogP contribution in [0.3, 0.4) is 0 Å². The van der Waals surface area contributed by atoms with Crippen molar-refractivity contribution in [1.29, 1.82) is 0 Å².